The van der Waals surface area contributed by atoms with E-state index in [1.54, 1.807) is 24.0 Å². The van der Waals surface area contributed by atoms with E-state index in [1.807, 2.05) is 46.8 Å². The maximum absolute atomic E-state index is 13.5. The van der Waals surface area contributed by atoms with Crippen LogP contribution in [0.4, 0.5) is 11.4 Å². The van der Waals surface area contributed by atoms with Crippen LogP contribution in [-0.4, -0.2) is 28.4 Å². The fraction of sp³-hybridized carbons (Fsp3) is 0.417. The summed E-state index contributed by atoms with van der Waals surface area (Å²) in [5.41, 5.74) is 10.6. The number of nitrogen functional groups attached to an aromatic ring is 1. The van der Waals surface area contributed by atoms with E-state index in [2.05, 4.69) is 5.32 Å². The van der Waals surface area contributed by atoms with Gasteiger partial charge in [0, 0.05) is 23.3 Å². The second-order valence-electron chi connectivity index (χ2n) is 9.19. The van der Waals surface area contributed by atoms with Crippen LogP contribution in [0.3, 0.4) is 0 Å². The molecule has 4 N–H and O–H groups in total. The van der Waals surface area contributed by atoms with Crippen molar-refractivity contribution < 1.29 is 14.7 Å². The molecule has 2 aromatic carbocycles. The largest absolute Gasteiger partial charge is 0.507 e. The molecule has 0 bridgehead atoms. The van der Waals surface area contributed by atoms with Gasteiger partial charge in [0.2, 0.25) is 5.91 Å². The lowest BCUT2D eigenvalue weighted by molar-refractivity contribution is -0.146. The van der Waals surface area contributed by atoms with E-state index in [1.165, 1.54) is 0 Å². The molecular formula is C24H32ClN3O3. The third kappa shape index (κ3) is 4.64. The van der Waals surface area contributed by atoms with Crippen LogP contribution < -0.4 is 11.1 Å². The molecule has 0 aromatic heterocycles. The molecule has 1 aliphatic rings. The molecule has 3 rings (SSSR count). The predicted molar refractivity (Wildman–Crippen MR) is 127 cm³/mol. The molecule has 7 heteroatoms. The highest BCUT2D eigenvalue weighted by molar-refractivity contribution is 6.00. The van der Waals surface area contributed by atoms with E-state index in [0.29, 0.717) is 29.9 Å². The van der Waals surface area contributed by atoms with Gasteiger partial charge < -0.3 is 21.1 Å². The van der Waals surface area contributed by atoms with Crippen LogP contribution in [0.25, 0.3) is 0 Å². The molecule has 1 atom stereocenters. The Labute approximate surface area is 190 Å². The van der Waals surface area contributed by atoms with Crippen LogP contribution in [0.1, 0.15) is 54.6 Å². The van der Waals surface area contributed by atoms with Crippen molar-refractivity contribution in [2.24, 2.45) is 5.41 Å². The average Bonchev–Trinajstić information content (AvgIpc) is 2.68. The third-order valence-corrected chi connectivity index (χ3v) is 5.86. The number of phenols is 1. The van der Waals surface area contributed by atoms with Gasteiger partial charge in [0.25, 0.3) is 5.91 Å². The number of nitrogens with zero attached hydrogens (tertiary/aromatic N) is 1. The number of benzene rings is 2. The second kappa shape index (κ2) is 8.79. The monoisotopic (exact) mass is 445 g/mol. The topological polar surface area (TPSA) is 95.7 Å². The van der Waals surface area contributed by atoms with Crippen LogP contribution in [0.2, 0.25) is 0 Å². The number of nitrogens with two attached hydrogens (primary N) is 1. The number of aromatic hydroxyl groups is 1. The SMILES string of the molecule is Cc1cc(NC(=O)C2c3cc(N)ccc3CCN2C(=O)C(C)(C)C)c(C)c(C)c1O.Cl. The Kier molecular flexibility index (Phi) is 6.96. The fourth-order valence-corrected chi connectivity index (χ4v) is 3.97. The Morgan fingerprint density at radius 3 is 2.39 bits per heavy atom. The molecule has 1 heterocycles. The van der Waals surface area contributed by atoms with Gasteiger partial charge in [0.1, 0.15) is 11.8 Å². The Morgan fingerprint density at radius 2 is 1.77 bits per heavy atom. The molecule has 1 aliphatic heterocycles. The first kappa shape index (κ1) is 24.5. The summed E-state index contributed by atoms with van der Waals surface area (Å²) in [6.45, 7) is 11.5. The van der Waals surface area contributed by atoms with Gasteiger partial charge in [-0.1, -0.05) is 26.8 Å². The van der Waals surface area contributed by atoms with E-state index >= 15 is 0 Å². The van der Waals surface area contributed by atoms with Crippen molar-refractivity contribution in [2.75, 3.05) is 17.6 Å². The van der Waals surface area contributed by atoms with Gasteiger partial charge in [0.05, 0.1) is 0 Å². The maximum Gasteiger partial charge on any atom is 0.251 e. The van der Waals surface area contributed by atoms with Gasteiger partial charge in [-0.25, -0.2) is 0 Å². The Balaban J connectivity index is 0.00000341. The number of phenolic OH excluding ortho intramolecular Hbond substituents is 1. The van der Waals surface area contributed by atoms with Crippen LogP contribution in [0.5, 0.6) is 5.75 Å². The fourth-order valence-electron chi connectivity index (χ4n) is 3.97. The molecular weight excluding hydrogens is 414 g/mol. The van der Waals surface area contributed by atoms with E-state index in [-0.39, 0.29) is 30.0 Å². The molecule has 0 aliphatic carbocycles. The average molecular weight is 446 g/mol. The van der Waals surface area contributed by atoms with Gasteiger partial charge in [-0.2, -0.15) is 0 Å². The molecule has 0 radical (unpaired) electrons. The number of halogens is 1. The Morgan fingerprint density at radius 1 is 1.13 bits per heavy atom. The zero-order chi connectivity index (χ0) is 22.4. The minimum Gasteiger partial charge on any atom is -0.507 e. The first-order valence-electron chi connectivity index (χ1n) is 10.2. The summed E-state index contributed by atoms with van der Waals surface area (Å²) in [5, 5.41) is 13.2. The summed E-state index contributed by atoms with van der Waals surface area (Å²) < 4.78 is 0. The number of amides is 2. The molecule has 1 unspecified atom stereocenters. The van der Waals surface area contributed by atoms with Crippen molar-refractivity contribution in [2.45, 2.75) is 54.0 Å². The molecule has 168 valence electrons. The number of aryl methyl sites for hydroxylation is 1. The summed E-state index contributed by atoms with van der Waals surface area (Å²) in [6, 6.07) is 6.55. The number of anilines is 2. The first-order chi connectivity index (χ1) is 13.9. The van der Waals surface area contributed by atoms with E-state index in [9.17, 15) is 14.7 Å². The number of fused-ring (bicyclic) bond motifs is 1. The van der Waals surface area contributed by atoms with E-state index in [4.69, 9.17) is 5.73 Å². The number of carbonyl (C=O) groups is 2. The molecule has 0 fully saturated rings. The third-order valence-electron chi connectivity index (χ3n) is 5.86. The van der Waals surface area contributed by atoms with Crippen molar-refractivity contribution in [1.82, 2.24) is 4.90 Å². The zero-order valence-electron chi connectivity index (χ0n) is 19.0. The van der Waals surface area contributed by atoms with Gasteiger partial charge in [0.15, 0.2) is 0 Å². The molecule has 0 spiro atoms. The second-order valence-corrected chi connectivity index (χ2v) is 9.19. The zero-order valence-corrected chi connectivity index (χ0v) is 19.8. The molecule has 0 saturated carbocycles. The lowest BCUT2D eigenvalue weighted by Gasteiger charge is -2.39. The van der Waals surface area contributed by atoms with Gasteiger partial charge in [-0.3, -0.25) is 9.59 Å². The number of hydrogen-bond acceptors (Lipinski definition) is 4. The predicted octanol–water partition coefficient (Wildman–Crippen LogP) is 4.43. The number of rotatable bonds is 2. The molecule has 2 amide bonds. The molecule has 0 saturated heterocycles. The summed E-state index contributed by atoms with van der Waals surface area (Å²) in [5.74, 6) is -0.136. The van der Waals surface area contributed by atoms with Crippen LogP contribution in [-0.2, 0) is 16.0 Å². The van der Waals surface area contributed by atoms with Crippen molar-refractivity contribution >= 4 is 35.6 Å². The Hall–Kier alpha value is -2.73. The van der Waals surface area contributed by atoms with Gasteiger partial charge in [-0.05, 0) is 73.2 Å². The number of nitrogens with one attached hydrogen (secondary N) is 1. The smallest absolute Gasteiger partial charge is 0.251 e. The van der Waals surface area contributed by atoms with E-state index < -0.39 is 11.5 Å². The number of hydrogen-bond donors (Lipinski definition) is 3. The lowest BCUT2D eigenvalue weighted by Crippen LogP contribution is -2.49. The molecule has 2 aromatic rings. The first-order valence-corrected chi connectivity index (χ1v) is 10.2. The lowest BCUT2D eigenvalue weighted by atomic mass is 9.87. The van der Waals surface area contributed by atoms with Gasteiger partial charge >= 0.3 is 0 Å². The van der Waals surface area contributed by atoms with Crippen molar-refractivity contribution in [1.29, 1.82) is 0 Å². The minimum atomic E-state index is -0.766. The van der Waals surface area contributed by atoms with Crippen molar-refractivity contribution in [3.8, 4) is 5.75 Å². The summed E-state index contributed by atoms with van der Waals surface area (Å²) in [6.07, 6.45) is 0.678. The minimum absolute atomic E-state index is 0. The summed E-state index contributed by atoms with van der Waals surface area (Å²) in [4.78, 5) is 28.4. The Bertz CT molecular complexity index is 1030. The molecule has 6 nitrogen and oxygen atoms in total. The van der Waals surface area contributed by atoms with Crippen LogP contribution in [0, 0.1) is 26.2 Å². The maximum atomic E-state index is 13.5. The molecule has 31 heavy (non-hydrogen) atoms. The quantitative estimate of drug-likeness (QED) is 0.470. The van der Waals surface area contributed by atoms with Crippen LogP contribution >= 0.6 is 12.4 Å². The van der Waals surface area contributed by atoms with Crippen LogP contribution in [0.15, 0.2) is 24.3 Å². The number of carbonyl (C=O) groups excluding carboxylic acids is 2. The van der Waals surface area contributed by atoms with Crippen molar-refractivity contribution in [3.63, 3.8) is 0 Å². The van der Waals surface area contributed by atoms with E-state index in [0.717, 1.165) is 22.3 Å². The normalized spacial score (nSPS) is 15.7. The van der Waals surface area contributed by atoms with Crippen molar-refractivity contribution in [3.05, 3.63) is 52.1 Å². The highest BCUT2D eigenvalue weighted by atomic mass is 35.5. The van der Waals surface area contributed by atoms with Gasteiger partial charge in [-0.15, -0.1) is 12.4 Å². The summed E-state index contributed by atoms with van der Waals surface area (Å²) in [7, 11) is 0. The highest BCUT2D eigenvalue weighted by Crippen LogP contribution is 2.36. The highest BCUT2D eigenvalue weighted by Gasteiger charge is 2.40. The standard InChI is InChI=1S/C24H31N3O3.ClH/c1-13-11-19(14(2)15(3)21(13)28)26-22(29)20-18-12-17(25)8-7-16(18)9-10-27(20)23(30)24(4,5)6;/h7-8,11-12,20,28H,9-10,25H2,1-6H3,(H,26,29);1H. The summed E-state index contributed by atoms with van der Waals surface area (Å²) >= 11 is 0.